The Kier molecular flexibility index (Phi) is 10.1. The van der Waals surface area contributed by atoms with Gasteiger partial charge in [0.25, 0.3) is 0 Å². The van der Waals surface area contributed by atoms with Crippen molar-refractivity contribution < 1.29 is 37.7 Å². The molecular weight excluding hydrogens is 764 g/mol. The van der Waals surface area contributed by atoms with E-state index in [1.54, 1.807) is 0 Å². The first kappa shape index (κ1) is 42.6. The first-order valence-corrected chi connectivity index (χ1v) is 23.6. The number of carbonyl (C=O) groups excluding carboxylic acids is 2. The van der Waals surface area contributed by atoms with Crippen LogP contribution in [0.3, 0.4) is 0 Å². The van der Waals surface area contributed by atoms with Crippen LogP contribution in [0.5, 0.6) is 0 Å². The minimum atomic E-state index is -4.60. The van der Waals surface area contributed by atoms with Gasteiger partial charge < -0.3 is 19.8 Å². The van der Waals surface area contributed by atoms with Crippen LogP contribution >= 0.6 is 0 Å². The Bertz CT molecular complexity index is 1950. The molecule has 7 fully saturated rings. The van der Waals surface area contributed by atoms with Crippen molar-refractivity contribution in [3.05, 3.63) is 59.2 Å². The van der Waals surface area contributed by atoms with Gasteiger partial charge in [-0.3, -0.25) is 4.79 Å². The molecule has 1 aromatic carbocycles. The van der Waals surface area contributed by atoms with E-state index in [0.29, 0.717) is 67.9 Å². The lowest BCUT2D eigenvalue weighted by Gasteiger charge is -2.71. The Hall–Kier alpha value is -2.65. The number of nitrogens with zero attached hydrogens (tertiary/aromatic N) is 1. The highest BCUT2D eigenvalue weighted by molar-refractivity contribution is 6.10. The highest BCUT2D eigenvalue weighted by Gasteiger charge is 2.75. The van der Waals surface area contributed by atoms with Gasteiger partial charge in [-0.25, -0.2) is 4.79 Å². The molecule has 0 aromatic heterocycles. The third-order valence-corrected chi connectivity index (χ3v) is 19.8. The molecule has 0 aliphatic heterocycles. The number of carbonyl (C=O) groups is 2. The van der Waals surface area contributed by atoms with Gasteiger partial charge in [0, 0.05) is 33.9 Å². The van der Waals surface area contributed by atoms with Gasteiger partial charge in [-0.05, 0) is 147 Å². The number of amides is 1. The van der Waals surface area contributed by atoms with Crippen LogP contribution in [0.15, 0.2) is 48.1 Å². The minimum absolute atomic E-state index is 0.00367. The van der Waals surface area contributed by atoms with E-state index < -0.39 is 45.5 Å². The number of aliphatic hydroxyl groups is 2. The summed E-state index contributed by atoms with van der Waals surface area (Å²) in [5, 5.41) is 24.5. The molecule has 9 heteroatoms. The number of rotatable bonds is 8. The molecule has 14 unspecified atom stereocenters. The highest BCUT2D eigenvalue weighted by Crippen LogP contribution is 2.78. The zero-order chi connectivity index (χ0) is 43.0. The molecule has 11 rings (SSSR count). The van der Waals surface area contributed by atoms with E-state index in [1.165, 1.54) is 18.6 Å². The topological polar surface area (TPSA) is 87.1 Å². The molecule has 14 atom stereocenters. The quantitative estimate of drug-likeness (QED) is 0.201. The standard InChI is InChI=1S/C51H70F3NO5/c1-30(2)37-14-11-31(3)23-40(37)60-44(58)55(28-33-12-13-34-25-38(33)45(34,4)5)29-49(59)20-17-42-47(49,7)19-16-41-46(6)18-15-36(56)26-48(46)21-22-50(41,42)39(27-48)43(57)32-9-8-10-35(24-32)51(52,53)54/h8-10,21-22,24,27,30-31,33-34,36-38,40-42,56,59H,11-20,23,25-26,28-29H2,1-7H3. The normalized spacial score (nSPS) is 44.9. The van der Waals surface area contributed by atoms with Crippen LogP contribution in [0.1, 0.15) is 148 Å². The number of halogens is 3. The summed E-state index contributed by atoms with van der Waals surface area (Å²) in [4.78, 5) is 31.8. The molecule has 0 heterocycles. The van der Waals surface area contributed by atoms with Crippen molar-refractivity contribution in [2.24, 2.45) is 74.4 Å². The number of benzene rings is 1. The Balaban J connectivity index is 1.09. The summed E-state index contributed by atoms with van der Waals surface area (Å²) in [6.45, 7) is 16.6. The van der Waals surface area contributed by atoms with Gasteiger partial charge in [0.1, 0.15) is 6.10 Å². The number of fused-ring (bicyclic) bond motifs is 3. The van der Waals surface area contributed by atoms with E-state index >= 15 is 4.79 Å². The monoisotopic (exact) mass is 834 g/mol. The Morgan fingerprint density at radius 3 is 2.33 bits per heavy atom. The maximum Gasteiger partial charge on any atom is 0.416 e. The summed E-state index contributed by atoms with van der Waals surface area (Å²) in [5.41, 5.74) is -3.81. The summed E-state index contributed by atoms with van der Waals surface area (Å²) in [7, 11) is 0. The molecule has 0 radical (unpaired) electrons. The van der Waals surface area contributed by atoms with Gasteiger partial charge in [-0.15, -0.1) is 0 Å². The van der Waals surface area contributed by atoms with Gasteiger partial charge in [-0.1, -0.05) is 85.2 Å². The van der Waals surface area contributed by atoms with Crippen molar-refractivity contribution in [1.82, 2.24) is 4.90 Å². The number of hydrogen-bond acceptors (Lipinski definition) is 5. The van der Waals surface area contributed by atoms with Crippen LogP contribution < -0.4 is 0 Å². The molecule has 10 aliphatic carbocycles. The lowest BCUT2D eigenvalue weighted by molar-refractivity contribution is -0.177. The predicted octanol–water partition coefficient (Wildman–Crippen LogP) is 11.5. The largest absolute Gasteiger partial charge is 0.446 e. The predicted molar refractivity (Wildman–Crippen MR) is 226 cm³/mol. The van der Waals surface area contributed by atoms with Crippen LogP contribution in [0, 0.1) is 74.4 Å². The van der Waals surface area contributed by atoms with Crippen LogP contribution in [-0.4, -0.2) is 57.9 Å². The van der Waals surface area contributed by atoms with Crippen molar-refractivity contribution in [2.45, 2.75) is 156 Å². The molecule has 330 valence electrons. The number of hydrogen-bond donors (Lipinski definition) is 2. The van der Waals surface area contributed by atoms with Gasteiger partial charge in [0.15, 0.2) is 5.78 Å². The molecule has 6 nitrogen and oxygen atoms in total. The van der Waals surface area contributed by atoms with E-state index in [2.05, 4.69) is 60.6 Å². The zero-order valence-corrected chi connectivity index (χ0v) is 37.1. The van der Waals surface area contributed by atoms with Crippen LogP contribution in [0.4, 0.5) is 18.0 Å². The smallest absolute Gasteiger partial charge is 0.416 e. The molecule has 1 aromatic rings. The van der Waals surface area contributed by atoms with Crippen molar-refractivity contribution in [3.8, 4) is 0 Å². The first-order valence-electron chi connectivity index (χ1n) is 23.6. The zero-order valence-electron chi connectivity index (χ0n) is 37.1. The Labute approximate surface area is 356 Å². The van der Waals surface area contributed by atoms with Gasteiger partial charge in [-0.2, -0.15) is 13.2 Å². The SMILES string of the molecule is CC1CCC(C(C)C)C(OC(=O)N(CC2CCC3CC2C3(C)C)CC2(O)CCC3C45C=CC6(C=C4C(=O)c4cccc(C(F)(F)F)c4)CC(O)CCC6(C)C5CCC32C)C1. The maximum absolute atomic E-state index is 15.0. The molecule has 7 saturated carbocycles. The van der Waals surface area contributed by atoms with Crippen molar-refractivity contribution in [3.63, 3.8) is 0 Å². The average molecular weight is 834 g/mol. The summed E-state index contributed by atoms with van der Waals surface area (Å²) in [6.07, 6.45) is 11.6. The van der Waals surface area contributed by atoms with E-state index in [1.807, 2.05) is 11.0 Å². The second-order valence-corrected chi connectivity index (χ2v) is 23.0. The molecular formula is C51H70F3NO5. The van der Waals surface area contributed by atoms with Gasteiger partial charge in [0.2, 0.25) is 0 Å². The second-order valence-electron chi connectivity index (χ2n) is 23.0. The number of ether oxygens (including phenoxy) is 1. The van der Waals surface area contributed by atoms with Crippen LogP contribution in [0.2, 0.25) is 0 Å². The highest BCUT2D eigenvalue weighted by atomic mass is 19.4. The third kappa shape index (κ3) is 6.13. The van der Waals surface area contributed by atoms with Gasteiger partial charge in [0.05, 0.1) is 23.8 Å². The molecule has 0 saturated heterocycles. The van der Waals surface area contributed by atoms with Gasteiger partial charge >= 0.3 is 12.3 Å². The summed E-state index contributed by atoms with van der Waals surface area (Å²) < 4.78 is 48.8. The van der Waals surface area contributed by atoms with Crippen molar-refractivity contribution in [2.75, 3.05) is 13.1 Å². The van der Waals surface area contributed by atoms with E-state index in [0.717, 1.165) is 63.0 Å². The molecule has 60 heavy (non-hydrogen) atoms. The Morgan fingerprint density at radius 2 is 1.63 bits per heavy atom. The number of allylic oxidation sites excluding steroid dienone is 4. The molecule has 2 N–H and O–H groups in total. The van der Waals surface area contributed by atoms with E-state index in [4.69, 9.17) is 4.74 Å². The van der Waals surface area contributed by atoms with E-state index in [9.17, 15) is 28.2 Å². The lowest BCUT2D eigenvalue weighted by Crippen LogP contribution is -2.67. The number of Topliss-reactive ketones (excluding diaryl/α,β-unsaturated/α-hetero) is 1. The summed E-state index contributed by atoms with van der Waals surface area (Å²) >= 11 is 0. The maximum atomic E-state index is 15.0. The molecule has 10 aliphatic rings. The first-order chi connectivity index (χ1) is 28.1. The molecule has 2 spiro atoms. The number of aliphatic hydroxyl groups excluding tert-OH is 1. The number of ketones is 1. The molecule has 4 bridgehead atoms. The Morgan fingerprint density at radius 1 is 0.917 bits per heavy atom. The fraction of sp³-hybridized carbons (Fsp3) is 0.765. The third-order valence-electron chi connectivity index (χ3n) is 19.8. The van der Waals surface area contributed by atoms with Crippen molar-refractivity contribution >= 4 is 11.9 Å². The van der Waals surface area contributed by atoms with E-state index in [-0.39, 0.29) is 52.9 Å². The molecule has 1 amide bonds. The summed E-state index contributed by atoms with van der Waals surface area (Å²) in [6, 6.07) is 4.80. The summed E-state index contributed by atoms with van der Waals surface area (Å²) in [5.74, 6) is 2.09. The minimum Gasteiger partial charge on any atom is -0.446 e. The van der Waals surface area contributed by atoms with Crippen LogP contribution in [-0.2, 0) is 10.9 Å². The van der Waals surface area contributed by atoms with Crippen molar-refractivity contribution in [1.29, 1.82) is 0 Å². The fourth-order valence-electron chi connectivity index (χ4n) is 16.0. The number of alkyl halides is 3. The lowest BCUT2D eigenvalue weighted by atomic mass is 9.32. The fourth-order valence-corrected chi connectivity index (χ4v) is 16.0. The average Bonchev–Trinajstić information content (AvgIpc) is 3.46. The second kappa shape index (κ2) is 14.2. The van der Waals surface area contributed by atoms with Crippen LogP contribution in [0.25, 0.3) is 0 Å².